The number of aromatic nitrogens is 2. The Morgan fingerprint density at radius 1 is 1.45 bits per heavy atom. The molecule has 0 aliphatic heterocycles. The van der Waals surface area contributed by atoms with E-state index in [-0.39, 0.29) is 5.91 Å². The minimum Gasteiger partial charge on any atom is -0.341 e. The standard InChI is InChI=1S/C14H16ClN3OS/c1-17(8-11-7-16-18(2)9-11)14(19)10-20-13-6-4-3-5-12(13)15/h3-7,9H,8,10H2,1-2H3. The summed E-state index contributed by atoms with van der Waals surface area (Å²) in [7, 11) is 3.65. The minimum absolute atomic E-state index is 0.0683. The normalized spacial score (nSPS) is 10.6. The van der Waals surface area contributed by atoms with Gasteiger partial charge in [-0.3, -0.25) is 9.48 Å². The van der Waals surface area contributed by atoms with E-state index in [9.17, 15) is 4.79 Å². The van der Waals surface area contributed by atoms with Crippen LogP contribution in [0.4, 0.5) is 0 Å². The number of carbonyl (C=O) groups is 1. The maximum atomic E-state index is 12.1. The zero-order chi connectivity index (χ0) is 14.5. The Balaban J connectivity index is 1.87. The molecule has 2 aromatic rings. The number of hydrogen-bond donors (Lipinski definition) is 0. The highest BCUT2D eigenvalue weighted by atomic mass is 35.5. The molecule has 0 aliphatic carbocycles. The fourth-order valence-corrected chi connectivity index (χ4v) is 2.91. The van der Waals surface area contributed by atoms with Crippen LogP contribution in [0.1, 0.15) is 5.56 Å². The van der Waals surface area contributed by atoms with Gasteiger partial charge in [-0.2, -0.15) is 5.10 Å². The Labute approximate surface area is 127 Å². The number of carbonyl (C=O) groups excluding carboxylic acids is 1. The van der Waals surface area contributed by atoms with Crippen molar-refractivity contribution in [2.45, 2.75) is 11.4 Å². The van der Waals surface area contributed by atoms with Crippen molar-refractivity contribution in [2.24, 2.45) is 7.05 Å². The molecule has 0 fully saturated rings. The zero-order valence-corrected chi connectivity index (χ0v) is 13.0. The van der Waals surface area contributed by atoms with Crippen molar-refractivity contribution in [2.75, 3.05) is 12.8 Å². The Kier molecular flexibility index (Phi) is 5.09. The molecule has 0 saturated carbocycles. The van der Waals surface area contributed by atoms with E-state index < -0.39 is 0 Å². The summed E-state index contributed by atoms with van der Waals surface area (Å²) in [4.78, 5) is 14.7. The van der Waals surface area contributed by atoms with Crippen LogP contribution in [0, 0.1) is 0 Å². The highest BCUT2D eigenvalue weighted by Gasteiger charge is 2.11. The van der Waals surface area contributed by atoms with Crippen LogP contribution in [-0.4, -0.2) is 33.4 Å². The van der Waals surface area contributed by atoms with Gasteiger partial charge < -0.3 is 4.90 Å². The third-order valence-electron chi connectivity index (χ3n) is 2.79. The molecule has 0 aliphatic rings. The van der Waals surface area contributed by atoms with E-state index in [2.05, 4.69) is 5.10 Å². The van der Waals surface area contributed by atoms with Gasteiger partial charge in [0, 0.05) is 37.3 Å². The molecule has 0 spiro atoms. The average molecular weight is 310 g/mol. The van der Waals surface area contributed by atoms with Crippen LogP contribution in [-0.2, 0) is 18.4 Å². The summed E-state index contributed by atoms with van der Waals surface area (Å²) in [6.07, 6.45) is 3.68. The maximum Gasteiger partial charge on any atom is 0.232 e. The minimum atomic E-state index is 0.0683. The molecule has 1 heterocycles. The molecule has 0 radical (unpaired) electrons. The summed E-state index contributed by atoms with van der Waals surface area (Å²) in [5.74, 6) is 0.444. The van der Waals surface area contributed by atoms with Gasteiger partial charge in [0.2, 0.25) is 5.91 Å². The first kappa shape index (κ1) is 14.9. The Bertz CT molecular complexity index is 600. The summed E-state index contributed by atoms with van der Waals surface area (Å²) >= 11 is 7.52. The summed E-state index contributed by atoms with van der Waals surface area (Å²) in [5, 5.41) is 4.77. The second-order valence-electron chi connectivity index (χ2n) is 4.49. The number of aryl methyl sites for hydroxylation is 1. The van der Waals surface area contributed by atoms with E-state index in [1.54, 1.807) is 22.8 Å². The monoisotopic (exact) mass is 309 g/mol. The zero-order valence-electron chi connectivity index (χ0n) is 11.4. The van der Waals surface area contributed by atoms with E-state index in [1.807, 2.05) is 37.5 Å². The fraction of sp³-hybridized carbons (Fsp3) is 0.286. The smallest absolute Gasteiger partial charge is 0.232 e. The Hall–Kier alpha value is -1.46. The third kappa shape index (κ3) is 4.02. The predicted octanol–water partition coefficient (Wildman–Crippen LogP) is 2.82. The number of hydrogen-bond acceptors (Lipinski definition) is 3. The van der Waals surface area contributed by atoms with Crippen LogP contribution < -0.4 is 0 Å². The lowest BCUT2D eigenvalue weighted by Gasteiger charge is -2.16. The van der Waals surface area contributed by atoms with Gasteiger partial charge in [0.15, 0.2) is 0 Å². The van der Waals surface area contributed by atoms with E-state index in [0.29, 0.717) is 17.3 Å². The van der Waals surface area contributed by atoms with Crippen LogP contribution in [0.3, 0.4) is 0 Å². The lowest BCUT2D eigenvalue weighted by molar-refractivity contribution is -0.127. The van der Waals surface area contributed by atoms with E-state index >= 15 is 0 Å². The molecular weight excluding hydrogens is 294 g/mol. The van der Waals surface area contributed by atoms with Gasteiger partial charge in [-0.15, -0.1) is 11.8 Å². The number of rotatable bonds is 5. The number of thioether (sulfide) groups is 1. The quantitative estimate of drug-likeness (QED) is 0.797. The molecule has 106 valence electrons. The van der Waals surface area contributed by atoms with Crippen molar-refractivity contribution in [3.8, 4) is 0 Å². The molecule has 0 bridgehead atoms. The first-order valence-electron chi connectivity index (χ1n) is 6.15. The lowest BCUT2D eigenvalue weighted by Crippen LogP contribution is -2.27. The summed E-state index contributed by atoms with van der Waals surface area (Å²) in [6, 6.07) is 7.54. The van der Waals surface area contributed by atoms with Gasteiger partial charge in [0.05, 0.1) is 17.0 Å². The van der Waals surface area contributed by atoms with Gasteiger partial charge in [-0.1, -0.05) is 23.7 Å². The Morgan fingerprint density at radius 2 is 2.20 bits per heavy atom. The molecule has 0 saturated heterocycles. The van der Waals surface area contributed by atoms with E-state index in [4.69, 9.17) is 11.6 Å². The van der Waals surface area contributed by atoms with Gasteiger partial charge in [0.1, 0.15) is 0 Å². The molecule has 0 atom stereocenters. The number of benzene rings is 1. The third-order valence-corrected chi connectivity index (χ3v) is 4.29. The average Bonchev–Trinajstić information content (AvgIpc) is 2.82. The van der Waals surface area contributed by atoms with E-state index in [1.165, 1.54) is 11.8 Å². The van der Waals surface area contributed by atoms with Crippen molar-refractivity contribution in [1.29, 1.82) is 0 Å². The fourth-order valence-electron chi connectivity index (χ4n) is 1.73. The van der Waals surface area contributed by atoms with Crippen molar-refractivity contribution < 1.29 is 4.79 Å². The maximum absolute atomic E-state index is 12.1. The highest BCUT2D eigenvalue weighted by molar-refractivity contribution is 8.00. The predicted molar refractivity (Wildman–Crippen MR) is 81.9 cm³/mol. The van der Waals surface area contributed by atoms with Gasteiger partial charge in [-0.25, -0.2) is 0 Å². The number of amides is 1. The molecule has 2 rings (SSSR count). The highest BCUT2D eigenvalue weighted by Crippen LogP contribution is 2.26. The van der Waals surface area contributed by atoms with E-state index in [0.717, 1.165) is 10.5 Å². The largest absolute Gasteiger partial charge is 0.341 e. The molecule has 1 amide bonds. The van der Waals surface area contributed by atoms with Gasteiger partial charge in [0.25, 0.3) is 0 Å². The van der Waals surface area contributed by atoms with Crippen molar-refractivity contribution in [3.05, 3.63) is 47.2 Å². The van der Waals surface area contributed by atoms with Crippen LogP contribution in [0.5, 0.6) is 0 Å². The summed E-state index contributed by atoms with van der Waals surface area (Å²) < 4.78 is 1.73. The molecular formula is C14H16ClN3OS. The van der Waals surface area contributed by atoms with Gasteiger partial charge in [-0.05, 0) is 12.1 Å². The first-order valence-corrected chi connectivity index (χ1v) is 7.51. The molecule has 6 heteroatoms. The lowest BCUT2D eigenvalue weighted by atomic mass is 10.3. The topological polar surface area (TPSA) is 38.1 Å². The summed E-state index contributed by atoms with van der Waals surface area (Å²) in [5.41, 5.74) is 1.02. The second-order valence-corrected chi connectivity index (χ2v) is 5.92. The van der Waals surface area contributed by atoms with Crippen LogP contribution in [0.2, 0.25) is 5.02 Å². The number of halogens is 1. The SMILES string of the molecule is CN(Cc1cnn(C)c1)C(=O)CSc1ccccc1Cl. The Morgan fingerprint density at radius 3 is 2.85 bits per heavy atom. The van der Waals surface area contributed by atoms with Crippen molar-refractivity contribution in [1.82, 2.24) is 14.7 Å². The second kappa shape index (κ2) is 6.81. The molecule has 1 aromatic carbocycles. The van der Waals surface area contributed by atoms with Crippen molar-refractivity contribution >= 4 is 29.3 Å². The summed E-state index contributed by atoms with van der Waals surface area (Å²) in [6.45, 7) is 0.565. The first-order chi connectivity index (χ1) is 9.56. The molecule has 0 N–H and O–H groups in total. The molecule has 4 nitrogen and oxygen atoms in total. The molecule has 20 heavy (non-hydrogen) atoms. The van der Waals surface area contributed by atoms with Crippen LogP contribution in [0.15, 0.2) is 41.6 Å². The van der Waals surface area contributed by atoms with Crippen LogP contribution >= 0.6 is 23.4 Å². The van der Waals surface area contributed by atoms with Gasteiger partial charge >= 0.3 is 0 Å². The number of nitrogens with zero attached hydrogens (tertiary/aromatic N) is 3. The van der Waals surface area contributed by atoms with Crippen LogP contribution in [0.25, 0.3) is 0 Å². The molecule has 0 unspecified atom stereocenters. The van der Waals surface area contributed by atoms with Crippen molar-refractivity contribution in [3.63, 3.8) is 0 Å². The molecule has 1 aromatic heterocycles.